The quantitative estimate of drug-likeness (QED) is 0.643. The Hall–Kier alpha value is -0.180. The highest BCUT2D eigenvalue weighted by Crippen LogP contribution is 2.06. The van der Waals surface area contributed by atoms with Crippen molar-refractivity contribution in [3.05, 3.63) is 0 Å². The summed E-state index contributed by atoms with van der Waals surface area (Å²) in [5.41, 5.74) is 0. The van der Waals surface area contributed by atoms with E-state index in [1.54, 1.807) is 13.8 Å². The van der Waals surface area contributed by atoms with Crippen molar-refractivity contribution < 1.29 is 21.6 Å². The highest BCUT2D eigenvalue weighted by Gasteiger charge is 2.22. The molecule has 0 aromatic heterocycles. The van der Waals surface area contributed by atoms with Gasteiger partial charge < -0.3 is 4.74 Å². The van der Waals surface area contributed by atoms with Crippen LogP contribution in [0.3, 0.4) is 0 Å². The van der Waals surface area contributed by atoms with Crippen LogP contribution in [0.2, 0.25) is 0 Å². The fraction of sp³-hybridized carbons (Fsp3) is 1.00. The summed E-state index contributed by atoms with van der Waals surface area (Å²) in [5.74, 6) is -0.189. The predicted molar refractivity (Wildman–Crippen MR) is 67.2 cm³/mol. The van der Waals surface area contributed by atoms with Gasteiger partial charge in [0.1, 0.15) is 9.84 Å². The average molecular weight is 287 g/mol. The van der Waals surface area contributed by atoms with E-state index in [1.165, 1.54) is 7.05 Å². The Morgan fingerprint density at radius 1 is 1.12 bits per heavy atom. The number of sulfone groups is 1. The third-order valence-corrected chi connectivity index (χ3v) is 4.24. The molecule has 0 aromatic rings. The van der Waals surface area contributed by atoms with Crippen LogP contribution in [0.4, 0.5) is 0 Å². The molecule has 0 aromatic carbocycles. The molecule has 0 saturated heterocycles. The van der Waals surface area contributed by atoms with E-state index in [-0.39, 0.29) is 18.4 Å². The van der Waals surface area contributed by atoms with Crippen molar-refractivity contribution in [3.8, 4) is 0 Å². The Kier molecular flexibility index (Phi) is 6.06. The molecule has 1 atom stereocenters. The summed E-state index contributed by atoms with van der Waals surface area (Å²) in [4.78, 5) is 0. The number of hydrogen-bond acceptors (Lipinski definition) is 5. The molecule has 0 aliphatic heterocycles. The molecule has 0 rings (SSSR count). The molecule has 0 bridgehead atoms. The van der Waals surface area contributed by atoms with E-state index in [1.807, 2.05) is 0 Å². The number of likely N-dealkylation sites (N-methyl/N-ethyl adjacent to an activating group) is 1. The second-order valence-electron chi connectivity index (χ2n) is 4.44. The van der Waals surface area contributed by atoms with Crippen LogP contribution in [-0.2, 0) is 24.6 Å². The highest BCUT2D eigenvalue weighted by molar-refractivity contribution is 7.90. The Labute approximate surface area is 104 Å². The lowest BCUT2D eigenvalue weighted by molar-refractivity contribution is 0.0139. The van der Waals surface area contributed by atoms with Crippen LogP contribution in [0.5, 0.6) is 0 Å². The SMILES string of the molecule is CC(C)O[C@@H](CN(C)S(C)(=O)=O)CS(C)(=O)=O. The van der Waals surface area contributed by atoms with Crippen molar-refractivity contribution >= 4 is 19.9 Å². The molecule has 0 aliphatic rings. The summed E-state index contributed by atoms with van der Waals surface area (Å²) in [7, 11) is -5.14. The molecule has 0 N–H and O–H groups in total. The van der Waals surface area contributed by atoms with Crippen LogP contribution in [0.25, 0.3) is 0 Å². The van der Waals surface area contributed by atoms with E-state index >= 15 is 0 Å². The Bertz CT molecular complexity index is 426. The number of nitrogens with zero attached hydrogens (tertiary/aromatic N) is 1. The van der Waals surface area contributed by atoms with E-state index in [9.17, 15) is 16.8 Å². The summed E-state index contributed by atoms with van der Waals surface area (Å²) < 4.78 is 51.4. The first-order chi connectivity index (χ1) is 7.42. The number of rotatable bonds is 7. The van der Waals surface area contributed by atoms with Crippen molar-refractivity contribution in [1.29, 1.82) is 0 Å². The first-order valence-corrected chi connectivity index (χ1v) is 9.07. The molecule has 0 amide bonds. The monoisotopic (exact) mass is 287 g/mol. The van der Waals surface area contributed by atoms with Gasteiger partial charge in [0.15, 0.2) is 0 Å². The minimum absolute atomic E-state index is 0.0318. The third-order valence-electron chi connectivity index (χ3n) is 1.98. The molecule has 0 spiro atoms. The summed E-state index contributed by atoms with van der Waals surface area (Å²) >= 11 is 0. The smallest absolute Gasteiger partial charge is 0.211 e. The van der Waals surface area contributed by atoms with Gasteiger partial charge in [-0.1, -0.05) is 0 Å². The van der Waals surface area contributed by atoms with E-state index in [0.717, 1.165) is 16.8 Å². The fourth-order valence-electron chi connectivity index (χ4n) is 1.28. The van der Waals surface area contributed by atoms with Crippen molar-refractivity contribution in [2.75, 3.05) is 31.9 Å². The molecular formula is C9H21NO5S2. The van der Waals surface area contributed by atoms with E-state index in [0.29, 0.717) is 0 Å². The molecular weight excluding hydrogens is 266 g/mol. The molecule has 0 radical (unpaired) electrons. The lowest BCUT2D eigenvalue weighted by Crippen LogP contribution is -2.39. The minimum Gasteiger partial charge on any atom is -0.373 e. The largest absolute Gasteiger partial charge is 0.373 e. The second-order valence-corrected chi connectivity index (χ2v) is 8.72. The molecule has 0 aliphatic carbocycles. The number of sulfonamides is 1. The summed E-state index contributed by atoms with van der Waals surface area (Å²) in [6, 6.07) is 0. The van der Waals surface area contributed by atoms with Gasteiger partial charge in [0.05, 0.1) is 24.2 Å². The van der Waals surface area contributed by atoms with Crippen LogP contribution in [0.1, 0.15) is 13.8 Å². The third kappa shape index (κ3) is 8.53. The fourth-order valence-corrected chi connectivity index (χ4v) is 2.58. The van der Waals surface area contributed by atoms with Crippen molar-refractivity contribution in [3.63, 3.8) is 0 Å². The normalized spacial score (nSPS) is 15.5. The molecule has 0 unspecified atom stereocenters. The summed E-state index contributed by atoms with van der Waals surface area (Å²) in [6.45, 7) is 3.58. The Balaban J connectivity index is 4.72. The molecule has 6 nitrogen and oxygen atoms in total. The second kappa shape index (κ2) is 6.12. The van der Waals surface area contributed by atoms with Gasteiger partial charge >= 0.3 is 0 Å². The summed E-state index contributed by atoms with van der Waals surface area (Å²) in [6.07, 6.45) is 1.36. The molecule has 0 fully saturated rings. The molecule has 0 saturated carbocycles. The zero-order chi connectivity index (χ0) is 13.9. The zero-order valence-electron chi connectivity index (χ0n) is 10.9. The van der Waals surface area contributed by atoms with Gasteiger partial charge in [0, 0.05) is 19.8 Å². The maximum absolute atomic E-state index is 11.2. The first kappa shape index (κ1) is 16.8. The van der Waals surface area contributed by atoms with Crippen LogP contribution in [0, 0.1) is 0 Å². The van der Waals surface area contributed by atoms with E-state index in [2.05, 4.69) is 0 Å². The number of ether oxygens (including phenoxy) is 1. The van der Waals surface area contributed by atoms with Crippen LogP contribution < -0.4 is 0 Å². The van der Waals surface area contributed by atoms with Gasteiger partial charge in [-0.05, 0) is 13.8 Å². The van der Waals surface area contributed by atoms with Crippen LogP contribution in [-0.4, -0.2) is 65.2 Å². The molecule has 0 heterocycles. The first-order valence-electron chi connectivity index (χ1n) is 5.16. The molecule has 8 heteroatoms. The maximum atomic E-state index is 11.2. The van der Waals surface area contributed by atoms with Gasteiger partial charge in [-0.3, -0.25) is 0 Å². The van der Waals surface area contributed by atoms with Crippen LogP contribution >= 0.6 is 0 Å². The number of hydrogen-bond donors (Lipinski definition) is 0. The van der Waals surface area contributed by atoms with Crippen molar-refractivity contribution in [2.45, 2.75) is 26.1 Å². The summed E-state index contributed by atoms with van der Waals surface area (Å²) in [5, 5.41) is 0. The van der Waals surface area contributed by atoms with Gasteiger partial charge in [-0.2, -0.15) is 0 Å². The zero-order valence-corrected chi connectivity index (χ0v) is 12.5. The van der Waals surface area contributed by atoms with Gasteiger partial charge in [0.25, 0.3) is 0 Å². The van der Waals surface area contributed by atoms with Gasteiger partial charge in [-0.15, -0.1) is 0 Å². The van der Waals surface area contributed by atoms with E-state index in [4.69, 9.17) is 4.74 Å². The molecule has 17 heavy (non-hydrogen) atoms. The van der Waals surface area contributed by atoms with Crippen molar-refractivity contribution in [1.82, 2.24) is 4.31 Å². The van der Waals surface area contributed by atoms with Gasteiger partial charge in [-0.25, -0.2) is 21.1 Å². The van der Waals surface area contributed by atoms with Gasteiger partial charge in [0.2, 0.25) is 10.0 Å². The standard InChI is InChI=1S/C9H21NO5S2/c1-8(2)15-9(7-16(4,11)12)6-10(3)17(5,13)14/h8-9H,6-7H2,1-5H3/t9-/m0/s1. The lowest BCUT2D eigenvalue weighted by Gasteiger charge is -2.24. The molecule has 104 valence electrons. The van der Waals surface area contributed by atoms with E-state index < -0.39 is 26.0 Å². The van der Waals surface area contributed by atoms with Crippen molar-refractivity contribution in [2.24, 2.45) is 0 Å². The Morgan fingerprint density at radius 3 is 1.88 bits per heavy atom. The minimum atomic E-state index is -3.33. The Morgan fingerprint density at radius 2 is 1.59 bits per heavy atom. The lowest BCUT2D eigenvalue weighted by atomic mass is 10.4. The maximum Gasteiger partial charge on any atom is 0.211 e. The topological polar surface area (TPSA) is 80.8 Å². The van der Waals surface area contributed by atoms with Crippen LogP contribution in [0.15, 0.2) is 0 Å². The highest BCUT2D eigenvalue weighted by atomic mass is 32.2. The average Bonchev–Trinajstić information content (AvgIpc) is 1.96. The predicted octanol–water partition coefficient (Wildman–Crippen LogP) is -0.284.